The molecule has 0 heterocycles. The molecule has 116 valence electrons. The zero-order valence-corrected chi connectivity index (χ0v) is 12.9. The van der Waals surface area contributed by atoms with Crippen molar-refractivity contribution in [1.29, 1.82) is 0 Å². The Hall–Kier alpha value is -2.13. The van der Waals surface area contributed by atoms with Crippen molar-refractivity contribution < 1.29 is 9.90 Å². The van der Waals surface area contributed by atoms with E-state index in [2.05, 4.69) is 5.32 Å². The van der Waals surface area contributed by atoms with Gasteiger partial charge in [0.2, 0.25) is 5.91 Å². The van der Waals surface area contributed by atoms with E-state index in [-0.39, 0.29) is 18.4 Å². The molecule has 0 bridgehead atoms. The van der Waals surface area contributed by atoms with E-state index in [0.29, 0.717) is 12.8 Å². The minimum absolute atomic E-state index is 0.0246. The Morgan fingerprint density at radius 3 is 2.27 bits per heavy atom. The van der Waals surface area contributed by atoms with Crippen LogP contribution in [-0.4, -0.2) is 23.7 Å². The van der Waals surface area contributed by atoms with Crippen molar-refractivity contribution >= 4 is 5.91 Å². The second kappa shape index (κ2) is 8.35. The normalized spacial score (nSPS) is 13.4. The maximum Gasteiger partial charge on any atom is 0.220 e. The summed E-state index contributed by atoms with van der Waals surface area (Å²) in [4.78, 5) is 12.0. The molecule has 0 aromatic heterocycles. The third-order valence-electron chi connectivity index (χ3n) is 3.71. The van der Waals surface area contributed by atoms with Gasteiger partial charge in [0.25, 0.3) is 0 Å². The van der Waals surface area contributed by atoms with Gasteiger partial charge in [-0.25, -0.2) is 0 Å². The molecule has 0 aliphatic carbocycles. The summed E-state index contributed by atoms with van der Waals surface area (Å²) in [5, 5.41) is 12.8. The highest BCUT2D eigenvalue weighted by Gasteiger charge is 2.12. The number of carbonyl (C=O) groups excluding carboxylic acids is 1. The van der Waals surface area contributed by atoms with Crippen LogP contribution in [0.15, 0.2) is 60.7 Å². The van der Waals surface area contributed by atoms with Gasteiger partial charge in [0.15, 0.2) is 0 Å². The maximum absolute atomic E-state index is 12.0. The van der Waals surface area contributed by atoms with Crippen molar-refractivity contribution in [3.8, 4) is 0 Å². The lowest BCUT2D eigenvalue weighted by Gasteiger charge is -2.14. The standard InChI is InChI=1S/C19H23NO2/c1-15(17-10-6-3-7-11-17)12-19(22)20-14-18(21)13-16-8-4-2-5-9-16/h2-11,15,18,21H,12-14H2,1H3,(H,20,22). The van der Waals surface area contributed by atoms with Crippen LogP contribution in [0.4, 0.5) is 0 Å². The predicted molar refractivity (Wildman–Crippen MR) is 88.6 cm³/mol. The second-order valence-corrected chi connectivity index (χ2v) is 5.66. The van der Waals surface area contributed by atoms with Crippen molar-refractivity contribution in [2.24, 2.45) is 0 Å². The first-order valence-corrected chi connectivity index (χ1v) is 7.69. The van der Waals surface area contributed by atoms with E-state index < -0.39 is 6.10 Å². The smallest absolute Gasteiger partial charge is 0.220 e. The average molecular weight is 297 g/mol. The number of rotatable bonds is 7. The molecule has 2 rings (SSSR count). The molecular formula is C19H23NO2. The lowest BCUT2D eigenvalue weighted by atomic mass is 9.97. The van der Waals surface area contributed by atoms with Crippen molar-refractivity contribution in [1.82, 2.24) is 5.32 Å². The molecule has 1 amide bonds. The molecule has 3 heteroatoms. The van der Waals surface area contributed by atoms with Crippen molar-refractivity contribution in [3.05, 3.63) is 71.8 Å². The zero-order chi connectivity index (χ0) is 15.8. The first-order chi connectivity index (χ1) is 10.6. The molecule has 2 N–H and O–H groups in total. The van der Waals surface area contributed by atoms with Crippen LogP contribution in [0.2, 0.25) is 0 Å². The third-order valence-corrected chi connectivity index (χ3v) is 3.71. The molecule has 0 spiro atoms. The first kappa shape index (κ1) is 16.2. The molecule has 2 unspecified atom stereocenters. The van der Waals surface area contributed by atoms with Gasteiger partial charge in [-0.05, 0) is 17.0 Å². The molecule has 0 aliphatic rings. The molecule has 2 atom stereocenters. The molecule has 0 radical (unpaired) electrons. The summed E-state index contributed by atoms with van der Waals surface area (Å²) in [6.07, 6.45) is 0.427. The highest BCUT2D eigenvalue weighted by atomic mass is 16.3. The van der Waals surface area contributed by atoms with Gasteiger partial charge in [-0.1, -0.05) is 67.6 Å². The molecular weight excluding hydrogens is 274 g/mol. The minimum atomic E-state index is -0.557. The van der Waals surface area contributed by atoms with E-state index in [1.807, 2.05) is 67.6 Å². The summed E-state index contributed by atoms with van der Waals surface area (Å²) in [6, 6.07) is 19.8. The van der Waals surface area contributed by atoms with E-state index in [0.717, 1.165) is 11.1 Å². The summed E-state index contributed by atoms with van der Waals surface area (Å²) in [5.74, 6) is 0.149. The molecule has 3 nitrogen and oxygen atoms in total. The number of amides is 1. The number of benzene rings is 2. The summed E-state index contributed by atoms with van der Waals surface area (Å²) < 4.78 is 0. The van der Waals surface area contributed by atoms with Gasteiger partial charge in [-0.15, -0.1) is 0 Å². The first-order valence-electron chi connectivity index (χ1n) is 7.69. The van der Waals surface area contributed by atoms with Crippen LogP contribution in [0.1, 0.15) is 30.4 Å². The fraction of sp³-hybridized carbons (Fsp3) is 0.316. The SMILES string of the molecule is CC(CC(=O)NCC(O)Cc1ccccc1)c1ccccc1. The fourth-order valence-electron chi connectivity index (χ4n) is 2.44. The number of aliphatic hydroxyl groups is 1. The van der Waals surface area contributed by atoms with E-state index in [4.69, 9.17) is 0 Å². The summed E-state index contributed by atoms with van der Waals surface area (Å²) >= 11 is 0. The summed E-state index contributed by atoms with van der Waals surface area (Å²) in [7, 11) is 0. The quantitative estimate of drug-likeness (QED) is 0.825. The zero-order valence-electron chi connectivity index (χ0n) is 12.9. The largest absolute Gasteiger partial charge is 0.391 e. The maximum atomic E-state index is 12.0. The van der Waals surface area contributed by atoms with Crippen LogP contribution in [0.25, 0.3) is 0 Å². The molecule has 22 heavy (non-hydrogen) atoms. The number of hydrogen-bond donors (Lipinski definition) is 2. The van der Waals surface area contributed by atoms with Crippen LogP contribution in [0.3, 0.4) is 0 Å². The van der Waals surface area contributed by atoms with Gasteiger partial charge in [0, 0.05) is 19.4 Å². The van der Waals surface area contributed by atoms with Gasteiger partial charge in [-0.2, -0.15) is 0 Å². The highest BCUT2D eigenvalue weighted by Crippen LogP contribution is 2.17. The van der Waals surface area contributed by atoms with Crippen LogP contribution < -0.4 is 5.32 Å². The summed E-state index contributed by atoms with van der Waals surface area (Å²) in [5.41, 5.74) is 2.23. The third kappa shape index (κ3) is 5.34. The highest BCUT2D eigenvalue weighted by molar-refractivity contribution is 5.76. The summed E-state index contributed by atoms with van der Waals surface area (Å²) in [6.45, 7) is 2.32. The van der Waals surface area contributed by atoms with Gasteiger partial charge >= 0.3 is 0 Å². The van der Waals surface area contributed by atoms with E-state index in [9.17, 15) is 9.90 Å². The molecule has 2 aromatic carbocycles. The number of carbonyl (C=O) groups is 1. The Balaban J connectivity index is 1.73. The van der Waals surface area contributed by atoms with Crippen molar-refractivity contribution in [2.75, 3.05) is 6.54 Å². The van der Waals surface area contributed by atoms with Gasteiger partial charge in [0.1, 0.15) is 0 Å². The van der Waals surface area contributed by atoms with Crippen LogP contribution in [0.5, 0.6) is 0 Å². The number of aliphatic hydroxyl groups excluding tert-OH is 1. The fourth-order valence-corrected chi connectivity index (χ4v) is 2.44. The Labute approximate surface area is 132 Å². The van der Waals surface area contributed by atoms with Gasteiger partial charge in [0.05, 0.1) is 6.10 Å². The van der Waals surface area contributed by atoms with Crippen LogP contribution in [-0.2, 0) is 11.2 Å². The number of nitrogens with one attached hydrogen (secondary N) is 1. The second-order valence-electron chi connectivity index (χ2n) is 5.66. The molecule has 0 saturated heterocycles. The molecule has 2 aromatic rings. The topological polar surface area (TPSA) is 49.3 Å². The Bertz CT molecular complexity index is 569. The Morgan fingerprint density at radius 1 is 1.05 bits per heavy atom. The van der Waals surface area contributed by atoms with Crippen molar-refractivity contribution in [2.45, 2.75) is 31.8 Å². The van der Waals surface area contributed by atoms with Gasteiger partial charge in [-0.3, -0.25) is 4.79 Å². The van der Waals surface area contributed by atoms with Gasteiger partial charge < -0.3 is 10.4 Å². The number of hydrogen-bond acceptors (Lipinski definition) is 2. The molecule has 0 fully saturated rings. The Kier molecular flexibility index (Phi) is 6.16. The monoisotopic (exact) mass is 297 g/mol. The lowest BCUT2D eigenvalue weighted by molar-refractivity contribution is -0.121. The molecule has 0 saturated carbocycles. The van der Waals surface area contributed by atoms with E-state index in [1.54, 1.807) is 0 Å². The average Bonchev–Trinajstić information content (AvgIpc) is 2.55. The molecule has 0 aliphatic heterocycles. The Morgan fingerprint density at radius 2 is 1.64 bits per heavy atom. The lowest BCUT2D eigenvalue weighted by Crippen LogP contribution is -2.33. The van der Waals surface area contributed by atoms with Crippen molar-refractivity contribution in [3.63, 3.8) is 0 Å². The predicted octanol–water partition coefficient (Wildman–Crippen LogP) is 2.90. The minimum Gasteiger partial charge on any atom is -0.391 e. The van der Waals surface area contributed by atoms with E-state index in [1.165, 1.54) is 0 Å². The van der Waals surface area contributed by atoms with Crippen LogP contribution >= 0.6 is 0 Å². The van der Waals surface area contributed by atoms with Crippen LogP contribution in [0, 0.1) is 0 Å². The van der Waals surface area contributed by atoms with E-state index >= 15 is 0 Å².